The smallest absolute Gasteiger partial charge is 0.344 e. The lowest BCUT2D eigenvalue weighted by molar-refractivity contribution is -0.160. The quantitative estimate of drug-likeness (QED) is 0.676. The maximum Gasteiger partial charge on any atom is 0.344 e. The summed E-state index contributed by atoms with van der Waals surface area (Å²) in [5.41, 5.74) is 0. The molecule has 0 spiro atoms. The minimum absolute atomic E-state index is 0.285. The standard InChI is InChI=1S/C17H27N5O4/c1-2-25-16(23)10-26-17(24)14-8-13-7-11(3-5-12(13)9-18-14)4-6-15-19-21-22-20-15/h11-14,18H,2-10H2,1H3,(H,19,20,21,22)/t11-,12+,13-,14+/m1/s1. The largest absolute Gasteiger partial charge is 0.463 e. The lowest BCUT2D eigenvalue weighted by Gasteiger charge is -2.42. The average Bonchev–Trinajstić information content (AvgIpc) is 3.17. The molecule has 4 atom stereocenters. The molecular formula is C17H27N5O4. The first-order chi connectivity index (χ1) is 12.7. The van der Waals surface area contributed by atoms with Crippen molar-refractivity contribution in [2.75, 3.05) is 19.8 Å². The van der Waals surface area contributed by atoms with E-state index < -0.39 is 5.97 Å². The molecule has 144 valence electrons. The minimum Gasteiger partial charge on any atom is -0.463 e. The highest BCUT2D eigenvalue weighted by molar-refractivity contribution is 5.79. The lowest BCUT2D eigenvalue weighted by Crippen LogP contribution is -2.50. The summed E-state index contributed by atoms with van der Waals surface area (Å²) in [6.07, 6.45) is 6.16. The first-order valence-corrected chi connectivity index (χ1v) is 9.43. The number of esters is 2. The fourth-order valence-electron chi connectivity index (χ4n) is 4.16. The molecule has 1 aromatic rings. The van der Waals surface area contributed by atoms with Gasteiger partial charge in [-0.25, -0.2) is 4.79 Å². The minimum atomic E-state index is -0.506. The second-order valence-electron chi connectivity index (χ2n) is 7.18. The molecule has 0 aromatic carbocycles. The molecule has 1 aliphatic heterocycles. The van der Waals surface area contributed by atoms with Crippen LogP contribution in [-0.4, -0.2) is 58.4 Å². The molecular weight excluding hydrogens is 338 g/mol. The number of hydrogen-bond donors (Lipinski definition) is 2. The van der Waals surface area contributed by atoms with Gasteiger partial charge >= 0.3 is 11.9 Å². The maximum absolute atomic E-state index is 12.2. The van der Waals surface area contributed by atoms with Gasteiger partial charge in [-0.05, 0) is 56.9 Å². The summed E-state index contributed by atoms with van der Waals surface area (Å²) in [7, 11) is 0. The first-order valence-electron chi connectivity index (χ1n) is 9.43. The molecule has 1 saturated carbocycles. The number of fused-ring (bicyclic) bond motifs is 1. The number of aryl methyl sites for hydroxylation is 1. The Bertz CT molecular complexity index is 594. The number of ether oxygens (including phenoxy) is 2. The van der Waals surface area contributed by atoms with Crippen LogP contribution in [0.4, 0.5) is 0 Å². The van der Waals surface area contributed by atoms with Crippen LogP contribution >= 0.6 is 0 Å². The molecule has 2 aliphatic rings. The molecule has 9 nitrogen and oxygen atoms in total. The highest BCUT2D eigenvalue weighted by Gasteiger charge is 2.38. The van der Waals surface area contributed by atoms with Crippen molar-refractivity contribution in [2.24, 2.45) is 17.8 Å². The van der Waals surface area contributed by atoms with Gasteiger partial charge in [0, 0.05) is 6.42 Å². The van der Waals surface area contributed by atoms with Gasteiger partial charge in [0.1, 0.15) is 6.04 Å². The number of nitrogens with one attached hydrogen (secondary N) is 2. The second kappa shape index (κ2) is 9.07. The Labute approximate surface area is 152 Å². The van der Waals surface area contributed by atoms with E-state index in [4.69, 9.17) is 9.47 Å². The van der Waals surface area contributed by atoms with Crippen LogP contribution in [0, 0.1) is 17.8 Å². The third-order valence-electron chi connectivity index (χ3n) is 5.50. The number of H-pyrrole nitrogens is 1. The number of aromatic nitrogens is 4. The van der Waals surface area contributed by atoms with Gasteiger partial charge in [-0.3, -0.25) is 4.79 Å². The van der Waals surface area contributed by atoms with E-state index in [2.05, 4.69) is 25.9 Å². The molecule has 1 saturated heterocycles. The highest BCUT2D eigenvalue weighted by Crippen LogP contribution is 2.40. The van der Waals surface area contributed by atoms with Crippen LogP contribution < -0.4 is 5.32 Å². The van der Waals surface area contributed by atoms with Gasteiger partial charge in [-0.1, -0.05) is 11.6 Å². The Kier molecular flexibility index (Phi) is 6.54. The number of aromatic amines is 1. The van der Waals surface area contributed by atoms with Crippen LogP contribution in [0.3, 0.4) is 0 Å². The molecule has 3 rings (SSSR count). The van der Waals surface area contributed by atoms with Crippen molar-refractivity contribution < 1.29 is 19.1 Å². The van der Waals surface area contributed by atoms with E-state index in [1.807, 2.05) is 0 Å². The summed E-state index contributed by atoms with van der Waals surface area (Å²) in [6.45, 7) is 2.53. The van der Waals surface area contributed by atoms with E-state index in [9.17, 15) is 9.59 Å². The van der Waals surface area contributed by atoms with E-state index in [1.54, 1.807) is 6.92 Å². The Morgan fingerprint density at radius 2 is 2.08 bits per heavy atom. The molecule has 0 unspecified atom stereocenters. The second-order valence-corrected chi connectivity index (χ2v) is 7.18. The van der Waals surface area contributed by atoms with Crippen molar-refractivity contribution in [3.05, 3.63) is 5.82 Å². The summed E-state index contributed by atoms with van der Waals surface area (Å²) >= 11 is 0. The third kappa shape index (κ3) is 5.00. The van der Waals surface area contributed by atoms with Crippen molar-refractivity contribution in [3.63, 3.8) is 0 Å². The molecule has 2 N–H and O–H groups in total. The van der Waals surface area contributed by atoms with Crippen LogP contribution in [0.2, 0.25) is 0 Å². The van der Waals surface area contributed by atoms with E-state index in [0.29, 0.717) is 17.8 Å². The Morgan fingerprint density at radius 3 is 2.85 bits per heavy atom. The van der Waals surface area contributed by atoms with Gasteiger partial charge < -0.3 is 14.8 Å². The van der Waals surface area contributed by atoms with Crippen LogP contribution in [-0.2, 0) is 25.5 Å². The number of carbonyl (C=O) groups excluding carboxylic acids is 2. The summed E-state index contributed by atoms with van der Waals surface area (Å²) in [5.74, 6) is 1.66. The van der Waals surface area contributed by atoms with Crippen molar-refractivity contribution >= 4 is 11.9 Å². The van der Waals surface area contributed by atoms with Crippen molar-refractivity contribution in [2.45, 2.75) is 51.5 Å². The zero-order valence-electron chi connectivity index (χ0n) is 15.1. The number of nitrogens with zero attached hydrogens (tertiary/aromatic N) is 3. The van der Waals surface area contributed by atoms with Crippen molar-refractivity contribution in [1.82, 2.24) is 25.9 Å². The van der Waals surface area contributed by atoms with Crippen molar-refractivity contribution in [1.29, 1.82) is 0 Å². The number of piperidine rings is 1. The number of hydrogen-bond acceptors (Lipinski definition) is 8. The van der Waals surface area contributed by atoms with Gasteiger partial charge in [0.15, 0.2) is 12.4 Å². The van der Waals surface area contributed by atoms with Gasteiger partial charge in [-0.2, -0.15) is 5.21 Å². The summed E-state index contributed by atoms with van der Waals surface area (Å²) in [4.78, 5) is 23.6. The average molecular weight is 365 g/mol. The summed E-state index contributed by atoms with van der Waals surface area (Å²) < 4.78 is 9.88. The Morgan fingerprint density at radius 1 is 1.19 bits per heavy atom. The monoisotopic (exact) mass is 365 g/mol. The normalized spacial score (nSPS) is 28.2. The first kappa shape index (κ1) is 18.8. The van der Waals surface area contributed by atoms with E-state index >= 15 is 0 Å². The Hall–Kier alpha value is -2.03. The molecule has 0 bridgehead atoms. The molecule has 0 amide bonds. The van der Waals surface area contributed by atoms with Gasteiger partial charge in [-0.15, -0.1) is 10.2 Å². The van der Waals surface area contributed by atoms with Crippen LogP contribution in [0.25, 0.3) is 0 Å². The zero-order chi connectivity index (χ0) is 18.4. The molecule has 2 fully saturated rings. The Balaban J connectivity index is 1.44. The summed E-state index contributed by atoms with van der Waals surface area (Å²) in [6, 6.07) is -0.332. The zero-order valence-corrected chi connectivity index (χ0v) is 15.1. The van der Waals surface area contributed by atoms with Gasteiger partial charge in [0.05, 0.1) is 6.61 Å². The third-order valence-corrected chi connectivity index (χ3v) is 5.50. The van der Waals surface area contributed by atoms with Gasteiger partial charge in [0.2, 0.25) is 0 Å². The molecule has 1 aromatic heterocycles. The van der Waals surface area contributed by atoms with Crippen LogP contribution in [0.15, 0.2) is 0 Å². The predicted molar refractivity (Wildman–Crippen MR) is 90.8 cm³/mol. The van der Waals surface area contributed by atoms with E-state index in [0.717, 1.165) is 38.1 Å². The van der Waals surface area contributed by atoms with E-state index in [-0.39, 0.29) is 25.2 Å². The van der Waals surface area contributed by atoms with Gasteiger partial charge in [0.25, 0.3) is 0 Å². The maximum atomic E-state index is 12.2. The highest BCUT2D eigenvalue weighted by atomic mass is 16.6. The SMILES string of the molecule is CCOC(=O)COC(=O)[C@@H]1C[C@H]2C[C@@H](CCc3nn[nH]n3)CC[C@H]2CN1. The fraction of sp³-hybridized carbons (Fsp3) is 0.824. The summed E-state index contributed by atoms with van der Waals surface area (Å²) in [5, 5.41) is 17.4. The van der Waals surface area contributed by atoms with Crippen LogP contribution in [0.1, 0.15) is 44.9 Å². The fourth-order valence-corrected chi connectivity index (χ4v) is 4.16. The van der Waals surface area contributed by atoms with Crippen LogP contribution in [0.5, 0.6) is 0 Å². The number of carbonyl (C=O) groups is 2. The van der Waals surface area contributed by atoms with Crippen molar-refractivity contribution in [3.8, 4) is 0 Å². The number of tetrazole rings is 1. The molecule has 1 aliphatic carbocycles. The predicted octanol–water partition coefficient (Wildman–Crippen LogP) is 0.633. The lowest BCUT2D eigenvalue weighted by atomic mass is 9.69. The van der Waals surface area contributed by atoms with E-state index in [1.165, 1.54) is 12.8 Å². The topological polar surface area (TPSA) is 119 Å². The molecule has 26 heavy (non-hydrogen) atoms. The molecule has 0 radical (unpaired) electrons. The molecule has 2 heterocycles. The molecule has 9 heteroatoms. The number of rotatable bonds is 7.